The number of piperidine rings is 1. The molecule has 6 heteroatoms. The minimum absolute atomic E-state index is 0.0485. The summed E-state index contributed by atoms with van der Waals surface area (Å²) in [6.45, 7) is 4.06. The number of rotatable bonds is 5. The van der Waals surface area contributed by atoms with E-state index in [2.05, 4.69) is 16.6 Å². The summed E-state index contributed by atoms with van der Waals surface area (Å²) in [5, 5.41) is 7.48. The molecular formula is C23H26N4O2. The van der Waals surface area contributed by atoms with Crippen LogP contribution in [0.25, 0.3) is 5.69 Å². The van der Waals surface area contributed by atoms with Gasteiger partial charge in [0, 0.05) is 25.0 Å². The number of hydrogen-bond donors (Lipinski definition) is 1. The first-order chi connectivity index (χ1) is 14.2. The summed E-state index contributed by atoms with van der Waals surface area (Å²) < 4.78 is 7.35. The predicted octanol–water partition coefficient (Wildman–Crippen LogP) is 4.68. The summed E-state index contributed by atoms with van der Waals surface area (Å²) in [6, 6.07) is 17.5. The molecule has 1 aliphatic heterocycles. The summed E-state index contributed by atoms with van der Waals surface area (Å²) in [7, 11) is 0. The number of amides is 2. The third kappa shape index (κ3) is 4.59. The predicted molar refractivity (Wildman–Crippen MR) is 114 cm³/mol. The van der Waals surface area contributed by atoms with E-state index in [1.54, 1.807) is 0 Å². The SMILES string of the molecule is CCOc1ccc(NC(=O)N2CCC(c3cnn(-c4ccccc4)c3)CC2)cc1. The lowest BCUT2D eigenvalue weighted by Crippen LogP contribution is -2.40. The van der Waals surface area contributed by atoms with Crippen LogP contribution in [0.5, 0.6) is 5.75 Å². The van der Waals surface area contributed by atoms with Gasteiger partial charge in [-0.2, -0.15) is 5.10 Å². The molecule has 1 saturated heterocycles. The monoisotopic (exact) mass is 390 g/mol. The fourth-order valence-corrected chi connectivity index (χ4v) is 3.69. The van der Waals surface area contributed by atoms with Crippen molar-refractivity contribution in [1.82, 2.24) is 14.7 Å². The summed E-state index contributed by atoms with van der Waals surface area (Å²) >= 11 is 0. The molecule has 0 radical (unpaired) electrons. The van der Waals surface area contributed by atoms with E-state index in [1.807, 2.05) is 77.3 Å². The second kappa shape index (κ2) is 8.82. The number of benzene rings is 2. The average molecular weight is 390 g/mol. The summed E-state index contributed by atoms with van der Waals surface area (Å²) in [5.74, 6) is 1.24. The summed E-state index contributed by atoms with van der Waals surface area (Å²) in [6.07, 6.45) is 5.94. The molecule has 150 valence electrons. The molecule has 1 fully saturated rings. The van der Waals surface area contributed by atoms with Crippen molar-refractivity contribution >= 4 is 11.7 Å². The lowest BCUT2D eigenvalue weighted by atomic mass is 9.92. The van der Waals surface area contributed by atoms with Crippen molar-refractivity contribution in [1.29, 1.82) is 0 Å². The Kier molecular flexibility index (Phi) is 5.79. The second-order valence-corrected chi connectivity index (χ2v) is 7.20. The molecule has 4 rings (SSSR count). The number of likely N-dealkylation sites (tertiary alicyclic amines) is 1. The largest absolute Gasteiger partial charge is 0.494 e. The zero-order chi connectivity index (χ0) is 20.1. The van der Waals surface area contributed by atoms with Crippen LogP contribution >= 0.6 is 0 Å². The van der Waals surface area contributed by atoms with Crippen LogP contribution in [0.2, 0.25) is 0 Å². The number of nitrogens with one attached hydrogen (secondary N) is 1. The van der Waals surface area contributed by atoms with Gasteiger partial charge in [-0.3, -0.25) is 0 Å². The van der Waals surface area contributed by atoms with Crippen molar-refractivity contribution in [2.24, 2.45) is 0 Å². The molecule has 3 aromatic rings. The molecule has 1 aliphatic rings. The highest BCUT2D eigenvalue weighted by Gasteiger charge is 2.24. The average Bonchev–Trinajstić information content (AvgIpc) is 3.26. The molecule has 0 spiro atoms. The van der Waals surface area contributed by atoms with Gasteiger partial charge in [-0.25, -0.2) is 9.48 Å². The molecule has 1 N–H and O–H groups in total. The van der Waals surface area contributed by atoms with Crippen molar-refractivity contribution in [2.75, 3.05) is 25.0 Å². The van der Waals surface area contributed by atoms with Crippen LogP contribution in [0.15, 0.2) is 67.0 Å². The van der Waals surface area contributed by atoms with Gasteiger partial charge in [0.1, 0.15) is 5.75 Å². The van der Waals surface area contributed by atoms with Gasteiger partial charge in [-0.1, -0.05) is 18.2 Å². The molecule has 2 heterocycles. The maximum atomic E-state index is 12.6. The molecule has 6 nitrogen and oxygen atoms in total. The van der Waals surface area contributed by atoms with Crippen LogP contribution in [0.3, 0.4) is 0 Å². The van der Waals surface area contributed by atoms with Crippen molar-refractivity contribution in [3.8, 4) is 11.4 Å². The maximum Gasteiger partial charge on any atom is 0.321 e. The molecule has 2 amide bonds. The Hall–Kier alpha value is -3.28. The van der Waals surface area contributed by atoms with Crippen molar-refractivity contribution in [3.05, 3.63) is 72.6 Å². The van der Waals surface area contributed by atoms with E-state index < -0.39 is 0 Å². The van der Waals surface area contributed by atoms with Crippen molar-refractivity contribution in [2.45, 2.75) is 25.7 Å². The summed E-state index contributed by atoms with van der Waals surface area (Å²) in [5.41, 5.74) is 3.08. The minimum atomic E-state index is -0.0485. The number of aromatic nitrogens is 2. The Morgan fingerprint density at radius 1 is 1.10 bits per heavy atom. The smallest absolute Gasteiger partial charge is 0.321 e. The number of nitrogens with zero attached hydrogens (tertiary/aromatic N) is 3. The molecule has 0 unspecified atom stereocenters. The topological polar surface area (TPSA) is 59.4 Å². The zero-order valence-corrected chi connectivity index (χ0v) is 16.6. The molecule has 0 bridgehead atoms. The van der Waals surface area contributed by atoms with Gasteiger partial charge in [-0.05, 0) is 67.6 Å². The zero-order valence-electron chi connectivity index (χ0n) is 16.6. The van der Waals surface area contributed by atoms with Crippen molar-refractivity contribution in [3.63, 3.8) is 0 Å². The number of carbonyl (C=O) groups is 1. The van der Waals surface area contributed by atoms with E-state index in [4.69, 9.17) is 4.74 Å². The third-order valence-corrected chi connectivity index (χ3v) is 5.29. The van der Waals surface area contributed by atoms with Crippen molar-refractivity contribution < 1.29 is 9.53 Å². The Morgan fingerprint density at radius 2 is 1.83 bits per heavy atom. The first kappa shape index (κ1) is 19.1. The quantitative estimate of drug-likeness (QED) is 0.688. The Bertz CT molecular complexity index is 929. The minimum Gasteiger partial charge on any atom is -0.494 e. The molecule has 0 saturated carbocycles. The van der Waals surface area contributed by atoms with Gasteiger partial charge < -0.3 is 15.0 Å². The Labute approximate surface area is 171 Å². The van der Waals surface area contributed by atoms with Crippen LogP contribution in [0, 0.1) is 0 Å². The highest BCUT2D eigenvalue weighted by atomic mass is 16.5. The van der Waals surface area contributed by atoms with Gasteiger partial charge in [0.05, 0.1) is 18.5 Å². The van der Waals surface area contributed by atoms with E-state index in [0.29, 0.717) is 12.5 Å². The molecular weight excluding hydrogens is 364 g/mol. The van der Waals surface area contributed by atoms with Crippen LogP contribution in [0.1, 0.15) is 31.2 Å². The molecule has 29 heavy (non-hydrogen) atoms. The lowest BCUT2D eigenvalue weighted by Gasteiger charge is -2.31. The molecule has 2 aromatic carbocycles. The standard InChI is InChI=1S/C23H26N4O2/c1-2-29-22-10-8-20(9-11-22)25-23(28)26-14-12-18(13-15-26)19-16-24-27(17-19)21-6-4-3-5-7-21/h3-11,16-18H,2,12-15H2,1H3,(H,25,28). The first-order valence-corrected chi connectivity index (χ1v) is 10.1. The van der Waals surface area contributed by atoms with Gasteiger partial charge in [0.25, 0.3) is 0 Å². The first-order valence-electron chi connectivity index (χ1n) is 10.1. The van der Waals surface area contributed by atoms with E-state index in [-0.39, 0.29) is 6.03 Å². The fourth-order valence-electron chi connectivity index (χ4n) is 3.69. The number of hydrogen-bond acceptors (Lipinski definition) is 3. The number of urea groups is 1. The van der Waals surface area contributed by atoms with Gasteiger partial charge in [0.2, 0.25) is 0 Å². The van der Waals surface area contributed by atoms with E-state index in [0.717, 1.165) is 43.1 Å². The highest BCUT2D eigenvalue weighted by molar-refractivity contribution is 5.89. The van der Waals surface area contributed by atoms with E-state index >= 15 is 0 Å². The van der Waals surface area contributed by atoms with E-state index in [9.17, 15) is 4.79 Å². The second-order valence-electron chi connectivity index (χ2n) is 7.20. The maximum absolute atomic E-state index is 12.6. The summed E-state index contributed by atoms with van der Waals surface area (Å²) in [4.78, 5) is 14.5. The van der Waals surface area contributed by atoms with E-state index in [1.165, 1.54) is 5.56 Å². The van der Waals surface area contributed by atoms with Gasteiger partial charge >= 0.3 is 6.03 Å². The van der Waals surface area contributed by atoms with Gasteiger partial charge in [-0.15, -0.1) is 0 Å². The lowest BCUT2D eigenvalue weighted by molar-refractivity contribution is 0.194. The molecule has 1 aromatic heterocycles. The fraction of sp³-hybridized carbons (Fsp3) is 0.304. The van der Waals surface area contributed by atoms with Crippen LogP contribution in [0.4, 0.5) is 10.5 Å². The normalized spacial score (nSPS) is 14.6. The van der Waals surface area contributed by atoms with Crippen LogP contribution in [-0.4, -0.2) is 40.4 Å². The highest BCUT2D eigenvalue weighted by Crippen LogP contribution is 2.28. The number of anilines is 1. The van der Waals surface area contributed by atoms with Crippen LogP contribution < -0.4 is 10.1 Å². The molecule has 0 atom stereocenters. The number of para-hydroxylation sites is 1. The van der Waals surface area contributed by atoms with Crippen LogP contribution in [-0.2, 0) is 0 Å². The number of carbonyl (C=O) groups excluding carboxylic acids is 1. The molecule has 0 aliphatic carbocycles. The Balaban J connectivity index is 1.31. The van der Waals surface area contributed by atoms with Gasteiger partial charge in [0.15, 0.2) is 0 Å². The number of ether oxygens (including phenoxy) is 1. The third-order valence-electron chi connectivity index (χ3n) is 5.29. The Morgan fingerprint density at radius 3 is 2.52 bits per heavy atom.